The summed E-state index contributed by atoms with van der Waals surface area (Å²) in [5, 5.41) is 14.5. The van der Waals surface area contributed by atoms with E-state index in [-0.39, 0.29) is 45.4 Å². The quantitative estimate of drug-likeness (QED) is 0.363. The van der Waals surface area contributed by atoms with Crippen molar-refractivity contribution >= 4 is 11.7 Å². The number of Topliss-reactive ketones (excluding diaryl/α,β-unsaturated/α-hetero) is 1. The van der Waals surface area contributed by atoms with Crippen molar-refractivity contribution in [2.75, 3.05) is 6.54 Å². The van der Waals surface area contributed by atoms with Gasteiger partial charge in [-0.3, -0.25) is 9.59 Å². The predicted octanol–water partition coefficient (Wildman–Crippen LogP) is 8.02. The number of amides is 1. The summed E-state index contributed by atoms with van der Waals surface area (Å²) in [7, 11) is 0. The average molecular weight is 566 g/mol. The fourth-order valence-electron chi connectivity index (χ4n) is 12.7. The van der Waals surface area contributed by atoms with E-state index in [1.807, 2.05) is 0 Å². The fraction of sp³-hybridized carbons (Fsp3) is 0.892. The van der Waals surface area contributed by atoms with E-state index >= 15 is 0 Å². The largest absolute Gasteiger partial charge is 0.393 e. The van der Waals surface area contributed by atoms with Gasteiger partial charge in [-0.2, -0.15) is 0 Å². The number of carbonyl (C=O) groups is 2. The maximum Gasteiger partial charge on any atom is 0.230 e. The first kappa shape index (κ1) is 29.9. The maximum absolute atomic E-state index is 14.3. The number of nitrogens with one attached hydrogen (secondary N) is 1. The standard InChI is InChI=1S/C37H59NO3/c1-23(2)30-26(39)21-37(32(41)38-22-24-11-9-8-10-12-24)20-19-35(6)25(31(30)37)13-14-28-34(5)17-16-29(40)33(3,4)27(34)15-18-36(28,35)7/h23-25,27-29,40H,8-22H2,1-7H3,(H,38,41)/t25-,27+,28-,29+,34+,35-,36-,37-/m1/s1. The molecule has 6 rings (SSSR count). The molecular formula is C37H59NO3. The third-order valence-corrected chi connectivity index (χ3v) is 15.1. The van der Waals surface area contributed by atoms with Gasteiger partial charge in [0.15, 0.2) is 5.78 Å². The van der Waals surface area contributed by atoms with Crippen LogP contribution in [0.25, 0.3) is 0 Å². The van der Waals surface area contributed by atoms with Crippen molar-refractivity contribution in [1.82, 2.24) is 5.32 Å². The van der Waals surface area contributed by atoms with Crippen LogP contribution in [-0.2, 0) is 9.59 Å². The lowest BCUT2D eigenvalue weighted by Gasteiger charge is -2.72. The van der Waals surface area contributed by atoms with Crippen LogP contribution in [0, 0.1) is 56.7 Å². The Morgan fingerprint density at radius 3 is 2.24 bits per heavy atom. The molecule has 0 radical (unpaired) electrons. The summed E-state index contributed by atoms with van der Waals surface area (Å²) in [4.78, 5) is 28.1. The normalized spacial score (nSPS) is 46.0. The van der Waals surface area contributed by atoms with Gasteiger partial charge in [-0.05, 0) is 127 Å². The Balaban J connectivity index is 1.36. The molecule has 2 N–H and O–H groups in total. The van der Waals surface area contributed by atoms with Crippen molar-refractivity contribution < 1.29 is 14.7 Å². The van der Waals surface area contributed by atoms with Gasteiger partial charge in [-0.1, -0.05) is 67.7 Å². The van der Waals surface area contributed by atoms with Crippen molar-refractivity contribution in [1.29, 1.82) is 0 Å². The van der Waals surface area contributed by atoms with E-state index in [1.165, 1.54) is 56.9 Å². The van der Waals surface area contributed by atoms with Gasteiger partial charge in [-0.25, -0.2) is 0 Å². The molecule has 0 spiro atoms. The van der Waals surface area contributed by atoms with Crippen LogP contribution in [0.1, 0.15) is 138 Å². The van der Waals surface area contributed by atoms with Crippen molar-refractivity contribution in [3.8, 4) is 0 Å². The van der Waals surface area contributed by atoms with Gasteiger partial charge in [0.2, 0.25) is 5.91 Å². The SMILES string of the molecule is CC(C)C1=C2[C@H]3CC[C@@H]4[C@@]5(C)CC[C@H](O)C(C)(C)[C@@H]5CC[C@@]4(C)[C@]3(C)CC[C@@]2(C(=O)NCC2CCCCC2)CC1=O. The highest BCUT2D eigenvalue weighted by Gasteiger charge is 2.70. The number of carbonyl (C=O) groups excluding carboxylic acids is 2. The first-order valence-electron chi connectivity index (χ1n) is 17.5. The van der Waals surface area contributed by atoms with E-state index < -0.39 is 5.41 Å². The van der Waals surface area contributed by atoms with E-state index in [4.69, 9.17) is 0 Å². The lowest BCUT2D eigenvalue weighted by molar-refractivity contribution is -0.228. The summed E-state index contributed by atoms with van der Waals surface area (Å²) in [6.45, 7) is 17.5. The molecule has 8 atom stereocenters. The first-order chi connectivity index (χ1) is 19.2. The highest BCUT2D eigenvalue weighted by molar-refractivity contribution is 6.06. The minimum atomic E-state index is -0.628. The molecule has 0 aromatic carbocycles. The number of ketones is 1. The number of hydrogen-bond acceptors (Lipinski definition) is 3. The van der Waals surface area contributed by atoms with Gasteiger partial charge in [-0.15, -0.1) is 0 Å². The Kier molecular flexibility index (Phi) is 7.24. The smallest absolute Gasteiger partial charge is 0.230 e. The molecule has 4 nitrogen and oxygen atoms in total. The molecule has 0 aliphatic heterocycles. The van der Waals surface area contributed by atoms with E-state index in [1.54, 1.807) is 0 Å². The second-order valence-corrected chi connectivity index (χ2v) is 17.4. The second-order valence-electron chi connectivity index (χ2n) is 17.4. The van der Waals surface area contributed by atoms with Crippen LogP contribution in [0.5, 0.6) is 0 Å². The van der Waals surface area contributed by atoms with E-state index in [2.05, 4.69) is 53.8 Å². The summed E-state index contributed by atoms with van der Waals surface area (Å²) in [6, 6.07) is 0. The Bertz CT molecular complexity index is 1120. The Morgan fingerprint density at radius 2 is 1.56 bits per heavy atom. The Hall–Kier alpha value is -1.16. The summed E-state index contributed by atoms with van der Waals surface area (Å²) in [5.41, 5.74) is 2.10. The lowest BCUT2D eigenvalue weighted by Crippen LogP contribution is -2.66. The van der Waals surface area contributed by atoms with Crippen molar-refractivity contribution in [3.05, 3.63) is 11.1 Å². The zero-order chi connectivity index (χ0) is 29.6. The topological polar surface area (TPSA) is 66.4 Å². The van der Waals surface area contributed by atoms with Gasteiger partial charge in [0.05, 0.1) is 11.5 Å². The molecule has 41 heavy (non-hydrogen) atoms. The zero-order valence-electron chi connectivity index (χ0n) is 27.3. The lowest BCUT2D eigenvalue weighted by atomic mass is 9.33. The molecule has 0 heterocycles. The summed E-state index contributed by atoms with van der Waals surface area (Å²) in [5.74, 6) is 2.64. The molecule has 5 fully saturated rings. The predicted molar refractivity (Wildman–Crippen MR) is 165 cm³/mol. The molecular weight excluding hydrogens is 506 g/mol. The average Bonchev–Trinajstić information content (AvgIpc) is 3.24. The van der Waals surface area contributed by atoms with Gasteiger partial charge >= 0.3 is 0 Å². The van der Waals surface area contributed by atoms with Crippen molar-refractivity contribution in [2.24, 2.45) is 56.7 Å². The molecule has 0 saturated heterocycles. The molecule has 1 amide bonds. The fourth-order valence-corrected chi connectivity index (χ4v) is 12.7. The van der Waals surface area contributed by atoms with Crippen molar-refractivity contribution in [3.63, 3.8) is 0 Å². The zero-order valence-corrected chi connectivity index (χ0v) is 27.3. The van der Waals surface area contributed by atoms with Crippen LogP contribution in [0.3, 0.4) is 0 Å². The monoisotopic (exact) mass is 565 g/mol. The van der Waals surface area contributed by atoms with E-state index in [0.717, 1.165) is 44.2 Å². The summed E-state index contributed by atoms with van der Waals surface area (Å²) < 4.78 is 0. The second kappa shape index (κ2) is 9.93. The van der Waals surface area contributed by atoms with Crippen LogP contribution >= 0.6 is 0 Å². The number of fused-ring (bicyclic) bond motifs is 7. The molecule has 4 heteroatoms. The van der Waals surface area contributed by atoms with Crippen LogP contribution in [0.4, 0.5) is 0 Å². The number of aliphatic hydroxyl groups excluding tert-OH is 1. The Morgan fingerprint density at radius 1 is 0.854 bits per heavy atom. The van der Waals surface area contributed by atoms with Crippen molar-refractivity contribution in [2.45, 2.75) is 144 Å². The van der Waals surface area contributed by atoms with Gasteiger partial charge in [0.1, 0.15) is 0 Å². The summed E-state index contributed by atoms with van der Waals surface area (Å²) in [6.07, 6.45) is 15.1. The molecule has 6 aliphatic rings. The van der Waals surface area contributed by atoms with Gasteiger partial charge in [0.25, 0.3) is 0 Å². The molecule has 0 unspecified atom stereocenters. The first-order valence-corrected chi connectivity index (χ1v) is 17.5. The van der Waals surface area contributed by atoms with Crippen LogP contribution in [0.15, 0.2) is 11.1 Å². The maximum atomic E-state index is 14.3. The molecule has 5 saturated carbocycles. The summed E-state index contributed by atoms with van der Waals surface area (Å²) >= 11 is 0. The van der Waals surface area contributed by atoms with Crippen LogP contribution in [0.2, 0.25) is 0 Å². The van der Waals surface area contributed by atoms with Gasteiger partial charge in [0, 0.05) is 13.0 Å². The highest BCUT2D eigenvalue weighted by atomic mass is 16.3. The van der Waals surface area contributed by atoms with Crippen LogP contribution < -0.4 is 5.32 Å². The minimum absolute atomic E-state index is 0.0462. The molecule has 230 valence electrons. The third kappa shape index (κ3) is 4.07. The third-order valence-electron chi connectivity index (χ3n) is 15.1. The number of hydrogen-bond donors (Lipinski definition) is 2. The Labute approximate surface area is 250 Å². The van der Waals surface area contributed by atoms with E-state index in [0.29, 0.717) is 30.1 Å². The molecule has 0 bridgehead atoms. The highest BCUT2D eigenvalue weighted by Crippen LogP contribution is 2.76. The van der Waals surface area contributed by atoms with Crippen LogP contribution in [-0.4, -0.2) is 29.4 Å². The minimum Gasteiger partial charge on any atom is -0.393 e. The van der Waals surface area contributed by atoms with E-state index in [9.17, 15) is 14.7 Å². The molecule has 6 aliphatic carbocycles. The van der Waals surface area contributed by atoms with Gasteiger partial charge < -0.3 is 10.4 Å². The number of allylic oxidation sites excluding steroid dienone is 1. The molecule has 0 aromatic heterocycles. The number of rotatable bonds is 4. The molecule has 0 aromatic rings. The number of aliphatic hydroxyl groups is 1.